The third-order valence-corrected chi connectivity index (χ3v) is 4.34. The maximum atomic E-state index is 4.58. The van der Waals surface area contributed by atoms with E-state index < -0.39 is 0 Å². The van der Waals surface area contributed by atoms with E-state index in [0.29, 0.717) is 0 Å². The second-order valence-corrected chi connectivity index (χ2v) is 5.99. The Hall–Kier alpha value is -0.610. The Balaban J connectivity index is 1.80. The molecule has 3 heterocycles. The van der Waals surface area contributed by atoms with Crippen LogP contribution < -0.4 is 4.90 Å². The number of fused-ring (bicyclic) bond motifs is 1. The van der Waals surface area contributed by atoms with Crippen LogP contribution in [0.15, 0.2) is 16.7 Å². The van der Waals surface area contributed by atoms with Crippen LogP contribution in [0.25, 0.3) is 0 Å². The minimum Gasteiger partial charge on any atom is -0.354 e. The van der Waals surface area contributed by atoms with E-state index in [1.54, 1.807) is 0 Å². The molecule has 2 aliphatic rings. The van der Waals surface area contributed by atoms with Crippen LogP contribution in [0.1, 0.15) is 18.4 Å². The van der Waals surface area contributed by atoms with Crippen molar-refractivity contribution >= 4 is 21.7 Å². The van der Waals surface area contributed by atoms with Crippen molar-refractivity contribution in [2.24, 2.45) is 0 Å². The van der Waals surface area contributed by atoms with Crippen LogP contribution in [0, 0.1) is 6.92 Å². The summed E-state index contributed by atoms with van der Waals surface area (Å²) in [6, 6.07) is 2.91. The molecule has 1 atom stereocenters. The molecule has 0 bridgehead atoms. The van der Waals surface area contributed by atoms with Crippen LogP contribution in [-0.2, 0) is 0 Å². The Morgan fingerprint density at radius 1 is 1.35 bits per heavy atom. The second-order valence-electron chi connectivity index (χ2n) is 5.07. The Kier molecular flexibility index (Phi) is 3.09. The monoisotopic (exact) mass is 295 g/mol. The van der Waals surface area contributed by atoms with E-state index in [0.717, 1.165) is 23.6 Å². The summed E-state index contributed by atoms with van der Waals surface area (Å²) >= 11 is 3.48. The molecule has 17 heavy (non-hydrogen) atoms. The van der Waals surface area contributed by atoms with E-state index in [4.69, 9.17) is 0 Å². The number of aryl methyl sites for hydroxylation is 1. The maximum Gasteiger partial charge on any atom is 0.131 e. The van der Waals surface area contributed by atoms with Crippen molar-refractivity contribution in [2.75, 3.05) is 31.1 Å². The largest absolute Gasteiger partial charge is 0.354 e. The molecule has 0 N–H and O–H groups in total. The fourth-order valence-electron chi connectivity index (χ4n) is 3.05. The van der Waals surface area contributed by atoms with Crippen molar-refractivity contribution in [3.63, 3.8) is 0 Å². The third kappa shape index (κ3) is 2.20. The first kappa shape index (κ1) is 11.5. The zero-order chi connectivity index (χ0) is 11.8. The molecule has 2 saturated heterocycles. The van der Waals surface area contributed by atoms with Gasteiger partial charge < -0.3 is 4.90 Å². The first-order valence-electron chi connectivity index (χ1n) is 6.35. The quantitative estimate of drug-likeness (QED) is 0.793. The molecule has 0 saturated carbocycles. The standard InChI is InChI=1S/C13H18BrN3/c1-10-7-11(14)8-15-13(10)17-6-5-16-4-2-3-12(16)9-17/h7-8,12H,2-6,9H2,1H3. The molecule has 3 rings (SSSR count). The SMILES string of the molecule is Cc1cc(Br)cnc1N1CCN2CCCC2C1. The van der Waals surface area contributed by atoms with Crippen molar-refractivity contribution in [3.05, 3.63) is 22.3 Å². The van der Waals surface area contributed by atoms with Crippen LogP contribution in [0.4, 0.5) is 5.82 Å². The number of pyridine rings is 1. The molecule has 2 aliphatic heterocycles. The molecule has 1 aromatic rings. The van der Waals surface area contributed by atoms with E-state index in [9.17, 15) is 0 Å². The molecule has 0 spiro atoms. The lowest BCUT2D eigenvalue weighted by Crippen LogP contribution is -2.50. The third-order valence-electron chi connectivity index (χ3n) is 3.90. The molecular weight excluding hydrogens is 278 g/mol. The number of halogens is 1. The van der Waals surface area contributed by atoms with Gasteiger partial charge in [0.25, 0.3) is 0 Å². The predicted molar refractivity (Wildman–Crippen MR) is 73.5 cm³/mol. The summed E-state index contributed by atoms with van der Waals surface area (Å²) in [4.78, 5) is 9.66. The number of anilines is 1. The van der Waals surface area contributed by atoms with Gasteiger partial charge in [0.1, 0.15) is 5.82 Å². The number of aromatic nitrogens is 1. The van der Waals surface area contributed by atoms with Crippen LogP contribution in [0.2, 0.25) is 0 Å². The van der Waals surface area contributed by atoms with Crippen LogP contribution in [-0.4, -0.2) is 42.1 Å². The molecule has 0 aliphatic carbocycles. The minimum atomic E-state index is 0.758. The van der Waals surface area contributed by atoms with Gasteiger partial charge in [0.2, 0.25) is 0 Å². The molecule has 4 heteroatoms. The van der Waals surface area contributed by atoms with Crippen LogP contribution in [0.5, 0.6) is 0 Å². The minimum absolute atomic E-state index is 0.758. The Bertz CT molecular complexity index is 421. The van der Waals surface area contributed by atoms with Gasteiger partial charge in [-0.3, -0.25) is 4.90 Å². The normalized spacial score (nSPS) is 25.1. The summed E-state index contributed by atoms with van der Waals surface area (Å²) in [6.07, 6.45) is 4.63. The molecule has 1 unspecified atom stereocenters. The summed E-state index contributed by atoms with van der Waals surface area (Å²) in [5, 5.41) is 0. The van der Waals surface area contributed by atoms with Gasteiger partial charge >= 0.3 is 0 Å². The average Bonchev–Trinajstić information content (AvgIpc) is 2.75. The number of nitrogens with zero attached hydrogens (tertiary/aromatic N) is 3. The molecule has 2 fully saturated rings. The predicted octanol–water partition coefficient (Wildman–Crippen LogP) is 2.44. The summed E-state index contributed by atoms with van der Waals surface area (Å²) < 4.78 is 1.07. The van der Waals surface area contributed by atoms with E-state index in [-0.39, 0.29) is 0 Å². The molecule has 92 valence electrons. The van der Waals surface area contributed by atoms with Crippen LogP contribution in [0.3, 0.4) is 0 Å². The van der Waals surface area contributed by atoms with Gasteiger partial charge in [-0.05, 0) is 53.9 Å². The first-order chi connectivity index (χ1) is 8.24. The number of hydrogen-bond donors (Lipinski definition) is 0. The van der Waals surface area contributed by atoms with E-state index >= 15 is 0 Å². The van der Waals surface area contributed by atoms with Crippen molar-refractivity contribution in [1.29, 1.82) is 0 Å². The molecule has 0 amide bonds. The molecule has 1 aromatic heterocycles. The van der Waals surface area contributed by atoms with E-state index in [1.165, 1.54) is 37.3 Å². The van der Waals surface area contributed by atoms with Crippen molar-refractivity contribution in [2.45, 2.75) is 25.8 Å². The van der Waals surface area contributed by atoms with Crippen molar-refractivity contribution in [3.8, 4) is 0 Å². The summed E-state index contributed by atoms with van der Waals surface area (Å²) in [6.45, 7) is 6.91. The fraction of sp³-hybridized carbons (Fsp3) is 0.615. The van der Waals surface area contributed by atoms with Gasteiger partial charge in [0.05, 0.1) is 0 Å². The summed E-state index contributed by atoms with van der Waals surface area (Å²) in [7, 11) is 0. The van der Waals surface area contributed by atoms with Crippen LogP contribution >= 0.6 is 15.9 Å². The zero-order valence-corrected chi connectivity index (χ0v) is 11.8. The van der Waals surface area contributed by atoms with Gasteiger partial charge in [-0.15, -0.1) is 0 Å². The lowest BCUT2D eigenvalue weighted by molar-refractivity contribution is 0.230. The van der Waals surface area contributed by atoms with Gasteiger partial charge in [-0.2, -0.15) is 0 Å². The highest BCUT2D eigenvalue weighted by molar-refractivity contribution is 9.10. The Labute approximate surface area is 111 Å². The average molecular weight is 296 g/mol. The van der Waals surface area contributed by atoms with Crippen molar-refractivity contribution < 1.29 is 0 Å². The molecule has 0 aromatic carbocycles. The summed E-state index contributed by atoms with van der Waals surface area (Å²) in [5.74, 6) is 1.17. The topological polar surface area (TPSA) is 19.4 Å². The van der Waals surface area contributed by atoms with Crippen molar-refractivity contribution in [1.82, 2.24) is 9.88 Å². The molecule has 0 radical (unpaired) electrons. The Morgan fingerprint density at radius 2 is 2.24 bits per heavy atom. The highest BCUT2D eigenvalue weighted by Crippen LogP contribution is 2.27. The highest BCUT2D eigenvalue weighted by atomic mass is 79.9. The smallest absolute Gasteiger partial charge is 0.131 e. The number of hydrogen-bond acceptors (Lipinski definition) is 3. The first-order valence-corrected chi connectivity index (χ1v) is 7.14. The number of rotatable bonds is 1. The van der Waals surface area contributed by atoms with E-state index in [1.807, 2.05) is 6.20 Å². The van der Waals surface area contributed by atoms with Gasteiger partial charge in [-0.1, -0.05) is 0 Å². The van der Waals surface area contributed by atoms with Gasteiger partial charge in [0, 0.05) is 36.3 Å². The lowest BCUT2D eigenvalue weighted by Gasteiger charge is -2.38. The summed E-state index contributed by atoms with van der Waals surface area (Å²) in [5.41, 5.74) is 1.27. The highest BCUT2D eigenvalue weighted by Gasteiger charge is 2.31. The fourth-order valence-corrected chi connectivity index (χ4v) is 3.49. The maximum absolute atomic E-state index is 4.58. The second kappa shape index (κ2) is 4.58. The Morgan fingerprint density at radius 3 is 3.06 bits per heavy atom. The zero-order valence-electron chi connectivity index (χ0n) is 10.2. The van der Waals surface area contributed by atoms with Gasteiger partial charge in [0.15, 0.2) is 0 Å². The number of piperazine rings is 1. The van der Waals surface area contributed by atoms with E-state index in [2.05, 4.69) is 43.7 Å². The lowest BCUT2D eigenvalue weighted by atomic mass is 10.1. The van der Waals surface area contributed by atoms with Gasteiger partial charge in [-0.25, -0.2) is 4.98 Å². The molecular formula is C13H18BrN3. The molecule has 3 nitrogen and oxygen atoms in total.